The molecule has 4 heteroatoms. The first kappa shape index (κ1) is 13.4. The molecule has 108 valence electrons. The van der Waals surface area contributed by atoms with Crippen LogP contribution in [0, 0.1) is 6.92 Å². The Hall–Kier alpha value is -1.55. The monoisotopic (exact) mass is 274 g/mol. The van der Waals surface area contributed by atoms with Crippen LogP contribution in [-0.4, -0.2) is 29.0 Å². The van der Waals surface area contributed by atoms with Crippen LogP contribution >= 0.6 is 0 Å². The van der Waals surface area contributed by atoms with E-state index in [0.29, 0.717) is 18.6 Å². The summed E-state index contributed by atoms with van der Waals surface area (Å²) in [5, 5.41) is 13.4. The third-order valence-electron chi connectivity index (χ3n) is 4.39. The molecule has 2 aliphatic heterocycles. The molecule has 0 atom stereocenters. The molecule has 0 unspecified atom stereocenters. The van der Waals surface area contributed by atoms with Crippen molar-refractivity contribution in [2.24, 2.45) is 0 Å². The van der Waals surface area contributed by atoms with Gasteiger partial charge in [-0.05, 0) is 50.9 Å². The Bertz CT molecular complexity index is 534. The van der Waals surface area contributed by atoms with Gasteiger partial charge in [0.15, 0.2) is 0 Å². The lowest BCUT2D eigenvalue weighted by atomic mass is 9.94. The molecule has 1 aromatic rings. The molecule has 0 spiro atoms. The third-order valence-corrected chi connectivity index (χ3v) is 4.39. The topological polar surface area (TPSA) is 52.6 Å². The van der Waals surface area contributed by atoms with Gasteiger partial charge in [-0.3, -0.25) is 9.69 Å². The minimum absolute atomic E-state index is 0.0452. The molecule has 1 amide bonds. The van der Waals surface area contributed by atoms with Crippen molar-refractivity contribution < 1.29 is 9.90 Å². The number of aromatic hydroxyl groups is 1. The highest BCUT2D eigenvalue weighted by molar-refractivity contribution is 5.95. The fourth-order valence-electron chi connectivity index (χ4n) is 3.29. The second-order valence-corrected chi connectivity index (χ2v) is 5.94. The van der Waals surface area contributed by atoms with E-state index in [2.05, 4.69) is 10.2 Å². The normalized spacial score (nSPS) is 19.6. The van der Waals surface area contributed by atoms with Crippen molar-refractivity contribution in [3.05, 3.63) is 22.8 Å². The number of fused-ring (bicyclic) bond motifs is 1. The van der Waals surface area contributed by atoms with Crippen LogP contribution in [0.1, 0.15) is 42.4 Å². The largest absolute Gasteiger partial charge is 0.507 e. The Morgan fingerprint density at radius 3 is 2.75 bits per heavy atom. The van der Waals surface area contributed by atoms with Gasteiger partial charge in [0.1, 0.15) is 5.75 Å². The summed E-state index contributed by atoms with van der Waals surface area (Å²) < 4.78 is 0. The smallest absolute Gasteiger partial charge is 0.224 e. The molecule has 20 heavy (non-hydrogen) atoms. The number of benzene rings is 1. The summed E-state index contributed by atoms with van der Waals surface area (Å²) in [7, 11) is 0. The van der Waals surface area contributed by atoms with E-state index in [-0.39, 0.29) is 5.91 Å². The van der Waals surface area contributed by atoms with E-state index < -0.39 is 0 Å². The highest BCUT2D eigenvalue weighted by Gasteiger charge is 2.23. The quantitative estimate of drug-likeness (QED) is 0.871. The number of aryl methyl sites for hydroxylation is 1. The second kappa shape index (κ2) is 5.44. The maximum atomic E-state index is 11.5. The summed E-state index contributed by atoms with van der Waals surface area (Å²) in [5.74, 6) is 0.431. The van der Waals surface area contributed by atoms with Gasteiger partial charge in [-0.1, -0.05) is 6.42 Å². The van der Waals surface area contributed by atoms with E-state index in [0.717, 1.165) is 42.0 Å². The number of nitrogens with zero attached hydrogens (tertiary/aromatic N) is 1. The van der Waals surface area contributed by atoms with Crippen molar-refractivity contribution in [1.82, 2.24) is 4.90 Å². The molecule has 0 radical (unpaired) electrons. The summed E-state index contributed by atoms with van der Waals surface area (Å²) in [4.78, 5) is 13.9. The fraction of sp³-hybridized carbons (Fsp3) is 0.562. The molecule has 2 N–H and O–H groups in total. The van der Waals surface area contributed by atoms with Gasteiger partial charge in [-0.15, -0.1) is 0 Å². The van der Waals surface area contributed by atoms with Crippen molar-refractivity contribution in [2.75, 3.05) is 18.4 Å². The number of hydrogen-bond donors (Lipinski definition) is 2. The maximum absolute atomic E-state index is 11.5. The highest BCUT2D eigenvalue weighted by Crippen LogP contribution is 2.37. The van der Waals surface area contributed by atoms with Crippen LogP contribution in [0.4, 0.5) is 5.69 Å². The van der Waals surface area contributed by atoms with Crippen LogP contribution in [-0.2, 0) is 17.8 Å². The zero-order valence-electron chi connectivity index (χ0n) is 12.0. The maximum Gasteiger partial charge on any atom is 0.224 e. The van der Waals surface area contributed by atoms with E-state index in [1.165, 1.54) is 19.3 Å². The SMILES string of the molecule is Cc1cc(CN2CCCCC2)c(O)c2c1NC(=O)CC2. The van der Waals surface area contributed by atoms with E-state index >= 15 is 0 Å². The molecule has 4 nitrogen and oxygen atoms in total. The predicted octanol–water partition coefficient (Wildman–Crippen LogP) is 2.57. The summed E-state index contributed by atoms with van der Waals surface area (Å²) in [5.41, 5.74) is 3.79. The Labute approximate surface area is 119 Å². The molecule has 0 aliphatic carbocycles. The lowest BCUT2D eigenvalue weighted by Gasteiger charge is -2.28. The first-order valence-electron chi connectivity index (χ1n) is 7.51. The predicted molar refractivity (Wildman–Crippen MR) is 78.9 cm³/mol. The lowest BCUT2D eigenvalue weighted by Crippen LogP contribution is -2.29. The fourth-order valence-corrected chi connectivity index (χ4v) is 3.29. The van der Waals surface area contributed by atoms with Gasteiger partial charge >= 0.3 is 0 Å². The van der Waals surface area contributed by atoms with E-state index in [4.69, 9.17) is 0 Å². The molecule has 3 rings (SSSR count). The van der Waals surface area contributed by atoms with E-state index in [9.17, 15) is 9.90 Å². The van der Waals surface area contributed by atoms with Crippen molar-refractivity contribution in [2.45, 2.75) is 45.6 Å². The van der Waals surface area contributed by atoms with Gasteiger partial charge in [-0.2, -0.15) is 0 Å². The molecule has 1 fully saturated rings. The van der Waals surface area contributed by atoms with Crippen LogP contribution in [0.5, 0.6) is 5.75 Å². The van der Waals surface area contributed by atoms with Gasteiger partial charge in [0, 0.05) is 24.1 Å². The van der Waals surface area contributed by atoms with Gasteiger partial charge in [0.05, 0.1) is 5.69 Å². The summed E-state index contributed by atoms with van der Waals surface area (Å²) >= 11 is 0. The van der Waals surface area contributed by atoms with Crippen molar-refractivity contribution in [3.63, 3.8) is 0 Å². The standard InChI is InChI=1S/C16H22N2O2/c1-11-9-12(10-18-7-3-2-4-8-18)16(20)13-5-6-14(19)17-15(11)13/h9,20H,2-8,10H2,1H3,(H,17,19). The van der Waals surface area contributed by atoms with Crippen molar-refractivity contribution in [1.29, 1.82) is 0 Å². The molecule has 1 saturated heterocycles. The third kappa shape index (κ3) is 2.52. The number of anilines is 1. The number of carbonyl (C=O) groups is 1. The molecule has 2 heterocycles. The van der Waals surface area contributed by atoms with Gasteiger partial charge in [0.25, 0.3) is 0 Å². The number of rotatable bonds is 2. The molecule has 0 aromatic heterocycles. The minimum atomic E-state index is 0.0452. The zero-order chi connectivity index (χ0) is 14.1. The second-order valence-electron chi connectivity index (χ2n) is 5.94. The number of likely N-dealkylation sites (tertiary alicyclic amines) is 1. The number of carbonyl (C=O) groups excluding carboxylic acids is 1. The number of amides is 1. The molecular formula is C16H22N2O2. The molecular weight excluding hydrogens is 252 g/mol. The summed E-state index contributed by atoms with van der Waals surface area (Å²) in [6, 6.07) is 2.02. The Morgan fingerprint density at radius 1 is 1.25 bits per heavy atom. The first-order valence-corrected chi connectivity index (χ1v) is 7.51. The number of phenols is 1. The van der Waals surface area contributed by atoms with Gasteiger partial charge in [-0.25, -0.2) is 0 Å². The Balaban J connectivity index is 1.88. The minimum Gasteiger partial charge on any atom is -0.507 e. The van der Waals surface area contributed by atoms with Crippen LogP contribution in [0.3, 0.4) is 0 Å². The van der Waals surface area contributed by atoms with Crippen molar-refractivity contribution in [3.8, 4) is 5.75 Å². The van der Waals surface area contributed by atoms with Gasteiger partial charge < -0.3 is 10.4 Å². The average molecular weight is 274 g/mol. The number of piperidine rings is 1. The average Bonchev–Trinajstić information content (AvgIpc) is 2.45. The number of phenolic OH excluding ortho intramolecular Hbond substituents is 1. The summed E-state index contributed by atoms with van der Waals surface area (Å²) in [6.45, 7) is 5.05. The van der Waals surface area contributed by atoms with Crippen LogP contribution < -0.4 is 5.32 Å². The number of hydrogen-bond acceptors (Lipinski definition) is 3. The van der Waals surface area contributed by atoms with Crippen LogP contribution in [0.15, 0.2) is 6.07 Å². The highest BCUT2D eigenvalue weighted by atomic mass is 16.3. The Kier molecular flexibility index (Phi) is 3.66. The first-order chi connectivity index (χ1) is 9.65. The van der Waals surface area contributed by atoms with Gasteiger partial charge in [0.2, 0.25) is 5.91 Å². The van der Waals surface area contributed by atoms with Crippen molar-refractivity contribution >= 4 is 11.6 Å². The van der Waals surface area contributed by atoms with Crippen LogP contribution in [0.25, 0.3) is 0 Å². The Morgan fingerprint density at radius 2 is 2.00 bits per heavy atom. The molecule has 1 aromatic carbocycles. The lowest BCUT2D eigenvalue weighted by molar-refractivity contribution is -0.116. The number of nitrogens with one attached hydrogen (secondary N) is 1. The molecule has 0 saturated carbocycles. The van der Waals surface area contributed by atoms with Crippen LogP contribution in [0.2, 0.25) is 0 Å². The molecule has 2 aliphatic rings. The zero-order valence-corrected chi connectivity index (χ0v) is 12.0. The van der Waals surface area contributed by atoms with E-state index in [1.54, 1.807) is 0 Å². The van der Waals surface area contributed by atoms with E-state index in [1.807, 2.05) is 13.0 Å². The molecule has 0 bridgehead atoms. The summed E-state index contributed by atoms with van der Waals surface area (Å²) in [6.07, 6.45) is 4.92.